The van der Waals surface area contributed by atoms with Gasteiger partial charge in [0, 0.05) is 0 Å². The van der Waals surface area contributed by atoms with Crippen LogP contribution in [0.2, 0.25) is 0 Å². The lowest BCUT2D eigenvalue weighted by atomic mass is 9.92. The van der Waals surface area contributed by atoms with Gasteiger partial charge in [0.05, 0.1) is 0 Å². The molecule has 0 saturated carbocycles. The zero-order valence-corrected chi connectivity index (χ0v) is 11.8. The highest BCUT2D eigenvalue weighted by Crippen LogP contribution is 2.20. The molecule has 0 nitrogen and oxygen atoms in total. The summed E-state index contributed by atoms with van der Waals surface area (Å²) in [6.07, 6.45) is 16.8. The Morgan fingerprint density at radius 3 is 1.88 bits per heavy atom. The molecule has 0 rings (SSSR count). The maximum Gasteiger partial charge on any atom is -0.0417 e. The third-order valence-corrected chi connectivity index (χ3v) is 3.66. The Labute approximate surface area is 104 Å². The summed E-state index contributed by atoms with van der Waals surface area (Å²) in [4.78, 5) is 0. The Morgan fingerprint density at radius 1 is 0.750 bits per heavy atom. The van der Waals surface area contributed by atoms with Crippen LogP contribution < -0.4 is 0 Å². The zero-order chi connectivity index (χ0) is 12.1. The van der Waals surface area contributed by atoms with Gasteiger partial charge in [-0.05, 0) is 5.92 Å². The van der Waals surface area contributed by atoms with E-state index in [-0.39, 0.29) is 0 Å². The van der Waals surface area contributed by atoms with Gasteiger partial charge >= 0.3 is 0 Å². The molecule has 0 aliphatic heterocycles. The normalized spacial score (nSPS) is 12.9. The molecule has 1 radical (unpaired) electrons. The predicted molar refractivity (Wildman–Crippen MR) is 75.6 cm³/mol. The van der Waals surface area contributed by atoms with E-state index in [0.29, 0.717) is 0 Å². The molecule has 0 heterocycles. The molecule has 0 bridgehead atoms. The molecule has 0 N–H and O–H groups in total. The van der Waals surface area contributed by atoms with Gasteiger partial charge in [-0.2, -0.15) is 0 Å². The van der Waals surface area contributed by atoms with E-state index in [0.717, 1.165) is 12.3 Å². The number of rotatable bonds is 12. The van der Waals surface area contributed by atoms with Crippen molar-refractivity contribution in [1.82, 2.24) is 0 Å². The van der Waals surface area contributed by atoms with E-state index in [9.17, 15) is 0 Å². The van der Waals surface area contributed by atoms with E-state index in [1.54, 1.807) is 0 Å². The van der Waals surface area contributed by atoms with Crippen LogP contribution in [0.4, 0.5) is 0 Å². The first-order valence-corrected chi connectivity index (χ1v) is 7.64. The van der Waals surface area contributed by atoms with Gasteiger partial charge in [-0.1, -0.05) is 97.8 Å². The topological polar surface area (TPSA) is 0 Å². The highest BCUT2D eigenvalue weighted by molar-refractivity contribution is 4.59. The van der Waals surface area contributed by atoms with Gasteiger partial charge in [-0.15, -0.1) is 0 Å². The molecule has 0 aromatic heterocycles. The van der Waals surface area contributed by atoms with E-state index in [4.69, 9.17) is 0 Å². The van der Waals surface area contributed by atoms with Gasteiger partial charge in [0.25, 0.3) is 0 Å². The van der Waals surface area contributed by atoms with Crippen LogP contribution in [-0.2, 0) is 0 Å². The van der Waals surface area contributed by atoms with E-state index in [1.165, 1.54) is 70.6 Å². The second kappa shape index (κ2) is 13.1. The first-order chi connectivity index (χ1) is 7.85. The average molecular weight is 225 g/mol. The minimum atomic E-state index is 0.998. The molecule has 0 heteroatoms. The molecule has 1 atom stereocenters. The quantitative estimate of drug-likeness (QED) is 0.349. The lowest BCUT2D eigenvalue weighted by Crippen LogP contribution is -1.99. The van der Waals surface area contributed by atoms with Crippen LogP contribution in [-0.4, -0.2) is 0 Å². The van der Waals surface area contributed by atoms with Crippen molar-refractivity contribution < 1.29 is 0 Å². The Balaban J connectivity index is 3.26. The largest absolute Gasteiger partial charge is 0.0654 e. The van der Waals surface area contributed by atoms with Crippen LogP contribution in [0, 0.1) is 12.8 Å². The van der Waals surface area contributed by atoms with Crippen LogP contribution in [0.1, 0.15) is 90.9 Å². The van der Waals surface area contributed by atoms with E-state index in [1.807, 2.05) is 0 Å². The maximum atomic E-state index is 3.91. The van der Waals surface area contributed by atoms with Crippen molar-refractivity contribution in [3.05, 3.63) is 6.92 Å². The van der Waals surface area contributed by atoms with Crippen molar-refractivity contribution >= 4 is 0 Å². The molecular weight excluding hydrogens is 192 g/mol. The van der Waals surface area contributed by atoms with Gasteiger partial charge in [-0.3, -0.25) is 0 Å². The summed E-state index contributed by atoms with van der Waals surface area (Å²) in [5.74, 6) is 0.998. The van der Waals surface area contributed by atoms with Crippen molar-refractivity contribution in [2.75, 3.05) is 0 Å². The zero-order valence-electron chi connectivity index (χ0n) is 11.8. The van der Waals surface area contributed by atoms with Gasteiger partial charge in [0.15, 0.2) is 0 Å². The smallest absolute Gasteiger partial charge is 0.0417 e. The second-order valence-electron chi connectivity index (χ2n) is 5.18. The third-order valence-electron chi connectivity index (χ3n) is 3.66. The summed E-state index contributed by atoms with van der Waals surface area (Å²) in [6, 6.07) is 0. The van der Waals surface area contributed by atoms with Crippen molar-refractivity contribution in [2.45, 2.75) is 90.9 Å². The van der Waals surface area contributed by atoms with E-state index < -0.39 is 0 Å². The lowest BCUT2D eigenvalue weighted by molar-refractivity contribution is 0.397. The lowest BCUT2D eigenvalue weighted by Gasteiger charge is -2.14. The fourth-order valence-corrected chi connectivity index (χ4v) is 2.38. The molecular formula is C16H33. The first-order valence-electron chi connectivity index (χ1n) is 7.64. The summed E-state index contributed by atoms with van der Waals surface area (Å²) in [7, 11) is 0. The maximum absolute atomic E-state index is 3.91. The number of unbranched alkanes of at least 4 members (excludes halogenated alkanes) is 7. The molecule has 0 aliphatic carbocycles. The van der Waals surface area contributed by atoms with Crippen LogP contribution >= 0.6 is 0 Å². The monoisotopic (exact) mass is 225 g/mol. The molecule has 1 unspecified atom stereocenters. The second-order valence-corrected chi connectivity index (χ2v) is 5.18. The van der Waals surface area contributed by atoms with Crippen LogP contribution in [0.25, 0.3) is 0 Å². The Hall–Kier alpha value is 0. The molecule has 0 fully saturated rings. The van der Waals surface area contributed by atoms with Gasteiger partial charge in [0.1, 0.15) is 0 Å². The molecule has 0 spiro atoms. The summed E-state index contributed by atoms with van der Waals surface area (Å²) < 4.78 is 0. The highest BCUT2D eigenvalue weighted by Gasteiger charge is 2.05. The van der Waals surface area contributed by atoms with Crippen LogP contribution in [0.5, 0.6) is 0 Å². The van der Waals surface area contributed by atoms with Crippen molar-refractivity contribution in [2.24, 2.45) is 5.92 Å². The molecule has 0 saturated heterocycles. The Kier molecular flexibility index (Phi) is 13.1. The molecule has 0 aliphatic rings. The van der Waals surface area contributed by atoms with Gasteiger partial charge in [-0.25, -0.2) is 0 Å². The summed E-state index contributed by atoms with van der Waals surface area (Å²) in [5, 5.41) is 0. The molecule has 16 heavy (non-hydrogen) atoms. The fraction of sp³-hybridized carbons (Fsp3) is 0.938. The van der Waals surface area contributed by atoms with Crippen LogP contribution in [0.3, 0.4) is 0 Å². The van der Waals surface area contributed by atoms with Crippen molar-refractivity contribution in [3.8, 4) is 0 Å². The Morgan fingerprint density at radius 2 is 1.31 bits per heavy atom. The molecule has 97 valence electrons. The fourth-order valence-electron chi connectivity index (χ4n) is 2.38. The third kappa shape index (κ3) is 10.5. The minimum absolute atomic E-state index is 0.998. The SMILES string of the molecule is [CH2]CCCCC(CC)CCCCCCCC. The van der Waals surface area contributed by atoms with Crippen molar-refractivity contribution in [3.63, 3.8) is 0 Å². The highest BCUT2D eigenvalue weighted by atomic mass is 14.1. The van der Waals surface area contributed by atoms with Gasteiger partial charge in [0.2, 0.25) is 0 Å². The number of hydrogen-bond acceptors (Lipinski definition) is 0. The van der Waals surface area contributed by atoms with Gasteiger partial charge < -0.3 is 0 Å². The van der Waals surface area contributed by atoms with E-state index >= 15 is 0 Å². The Bertz CT molecular complexity index is 117. The summed E-state index contributed by atoms with van der Waals surface area (Å²) in [6.45, 7) is 8.55. The van der Waals surface area contributed by atoms with Crippen LogP contribution in [0.15, 0.2) is 0 Å². The minimum Gasteiger partial charge on any atom is -0.0654 e. The van der Waals surface area contributed by atoms with E-state index in [2.05, 4.69) is 20.8 Å². The predicted octanol–water partition coefficient (Wildman–Crippen LogP) is 6.16. The molecule has 0 aromatic rings. The molecule has 0 aromatic carbocycles. The summed E-state index contributed by atoms with van der Waals surface area (Å²) >= 11 is 0. The average Bonchev–Trinajstić information content (AvgIpc) is 2.31. The molecule has 0 amide bonds. The van der Waals surface area contributed by atoms with Crippen molar-refractivity contribution in [1.29, 1.82) is 0 Å². The first kappa shape index (κ1) is 16.0. The summed E-state index contributed by atoms with van der Waals surface area (Å²) in [5.41, 5.74) is 0. The number of hydrogen-bond donors (Lipinski definition) is 0. The standard InChI is InChI=1S/C16H33/c1-4-7-9-10-11-13-15-16(6-3)14-12-8-5-2/h16H,2,4-15H2,1,3H3.